The van der Waals surface area contributed by atoms with Crippen molar-refractivity contribution in [3.63, 3.8) is 0 Å². The molecule has 0 aliphatic carbocycles. The van der Waals surface area contributed by atoms with Gasteiger partial charge in [0.25, 0.3) is 0 Å². The van der Waals surface area contributed by atoms with Crippen LogP contribution < -0.4 is 20.5 Å². The lowest BCUT2D eigenvalue weighted by molar-refractivity contribution is 0.297. The topological polar surface area (TPSA) is 102 Å². The highest BCUT2D eigenvalue weighted by molar-refractivity contribution is 5.96. The van der Waals surface area contributed by atoms with Gasteiger partial charge in [-0.25, -0.2) is 9.98 Å². The number of rotatable bonds is 1. The van der Waals surface area contributed by atoms with E-state index in [1.807, 2.05) is 36.5 Å². The van der Waals surface area contributed by atoms with E-state index in [1.165, 1.54) is 0 Å². The average molecular weight is 374 g/mol. The van der Waals surface area contributed by atoms with Crippen LogP contribution in [-0.4, -0.2) is 33.7 Å². The Morgan fingerprint density at radius 3 is 2.82 bits per heavy atom. The van der Waals surface area contributed by atoms with Gasteiger partial charge in [0.15, 0.2) is 23.6 Å². The first-order chi connectivity index (χ1) is 13.8. The summed E-state index contributed by atoms with van der Waals surface area (Å²) in [5.74, 6) is 2.44. The maximum absolute atomic E-state index is 6.08. The number of para-hydroxylation sites is 1. The number of fused-ring (bicyclic) bond motifs is 5. The number of nitrogens with one attached hydrogen (secondary N) is 2. The molecule has 1 atom stereocenters. The number of guanidine groups is 1. The molecule has 0 bridgehead atoms. The standard InChI is InChI=1S/C20H18N6O2/c21-19-24-18(12-10-22-13-5-2-1-4-11(12)13)26-15-9-17-16(27-6-3-7-28-17)8-14(15)23-20(26)25-19/h1-2,4-5,8-10,18,22H,3,6-7H2,(H3,21,23,24,25)/t18-/m0/s1. The number of nitrogens with zero attached hydrogens (tertiary/aromatic N) is 3. The SMILES string of the molecule is NC1=N[C@H](c2c[nH]c3ccccc23)n2c(nc3cc4c(cc32)OCCCO4)N1. The zero-order chi connectivity index (χ0) is 18.7. The summed E-state index contributed by atoms with van der Waals surface area (Å²) < 4.78 is 13.7. The first-order valence-electron chi connectivity index (χ1n) is 9.26. The second-order valence-electron chi connectivity index (χ2n) is 6.95. The van der Waals surface area contributed by atoms with Crippen LogP contribution in [0.4, 0.5) is 5.95 Å². The van der Waals surface area contributed by atoms with E-state index in [-0.39, 0.29) is 6.17 Å². The molecule has 28 heavy (non-hydrogen) atoms. The van der Waals surface area contributed by atoms with Crippen molar-refractivity contribution >= 4 is 33.8 Å². The Morgan fingerprint density at radius 1 is 1.11 bits per heavy atom. The highest BCUT2D eigenvalue weighted by Crippen LogP contribution is 2.40. The van der Waals surface area contributed by atoms with E-state index in [1.54, 1.807) is 0 Å². The molecule has 4 aromatic rings. The van der Waals surface area contributed by atoms with E-state index in [9.17, 15) is 0 Å². The third-order valence-electron chi connectivity index (χ3n) is 5.20. The van der Waals surface area contributed by atoms with Gasteiger partial charge in [-0.2, -0.15) is 0 Å². The van der Waals surface area contributed by atoms with E-state index in [2.05, 4.69) is 25.9 Å². The van der Waals surface area contributed by atoms with Gasteiger partial charge in [-0.1, -0.05) is 18.2 Å². The predicted molar refractivity (Wildman–Crippen MR) is 107 cm³/mol. The number of aromatic nitrogens is 3. The van der Waals surface area contributed by atoms with Crippen LogP contribution in [0.5, 0.6) is 11.5 Å². The molecule has 0 saturated heterocycles. The van der Waals surface area contributed by atoms with Crippen molar-refractivity contribution in [2.45, 2.75) is 12.6 Å². The summed E-state index contributed by atoms with van der Waals surface area (Å²) in [7, 11) is 0. The molecule has 2 aliphatic heterocycles. The van der Waals surface area contributed by atoms with E-state index in [4.69, 9.17) is 20.2 Å². The second kappa shape index (κ2) is 5.66. The van der Waals surface area contributed by atoms with Crippen molar-refractivity contribution in [2.24, 2.45) is 10.7 Å². The second-order valence-corrected chi connectivity index (χ2v) is 6.95. The Balaban J connectivity index is 1.59. The predicted octanol–water partition coefficient (Wildman–Crippen LogP) is 2.97. The van der Waals surface area contributed by atoms with E-state index in [0.29, 0.717) is 25.1 Å². The van der Waals surface area contributed by atoms with Gasteiger partial charge in [0, 0.05) is 41.2 Å². The molecule has 4 heterocycles. The summed E-state index contributed by atoms with van der Waals surface area (Å²) >= 11 is 0. The minimum absolute atomic E-state index is 0.331. The van der Waals surface area contributed by atoms with Gasteiger partial charge in [-0.15, -0.1) is 0 Å². The first-order valence-corrected chi connectivity index (χ1v) is 9.26. The summed E-state index contributed by atoms with van der Waals surface area (Å²) in [6, 6.07) is 12.1. The monoisotopic (exact) mass is 374 g/mol. The van der Waals surface area contributed by atoms with Crippen LogP contribution in [0.25, 0.3) is 21.9 Å². The van der Waals surface area contributed by atoms with Crippen molar-refractivity contribution in [2.75, 3.05) is 18.5 Å². The largest absolute Gasteiger partial charge is 0.489 e. The number of hydrogen-bond acceptors (Lipinski definition) is 6. The number of imidazole rings is 1. The molecule has 140 valence electrons. The van der Waals surface area contributed by atoms with E-state index < -0.39 is 0 Å². The Kier molecular flexibility index (Phi) is 3.11. The van der Waals surface area contributed by atoms with Gasteiger partial charge < -0.3 is 20.2 Å². The molecule has 2 aromatic heterocycles. The van der Waals surface area contributed by atoms with Crippen LogP contribution >= 0.6 is 0 Å². The number of benzene rings is 2. The molecule has 8 nitrogen and oxygen atoms in total. The summed E-state index contributed by atoms with van der Waals surface area (Å²) in [6.45, 7) is 1.27. The van der Waals surface area contributed by atoms with Crippen LogP contribution in [0.15, 0.2) is 47.6 Å². The van der Waals surface area contributed by atoms with Gasteiger partial charge in [0.05, 0.1) is 24.2 Å². The Bertz CT molecular complexity index is 1250. The Morgan fingerprint density at radius 2 is 1.93 bits per heavy atom. The summed E-state index contributed by atoms with van der Waals surface area (Å²) in [6.07, 6.45) is 2.51. The molecule has 0 fully saturated rings. The maximum Gasteiger partial charge on any atom is 0.212 e. The molecule has 0 saturated carbocycles. The Hall–Kier alpha value is -3.68. The first kappa shape index (κ1) is 15.4. The zero-order valence-corrected chi connectivity index (χ0v) is 15.0. The number of nitrogens with two attached hydrogens (primary N) is 1. The number of aromatic amines is 1. The smallest absolute Gasteiger partial charge is 0.212 e. The quantitative estimate of drug-likeness (QED) is 0.475. The fourth-order valence-electron chi connectivity index (χ4n) is 3.94. The lowest BCUT2D eigenvalue weighted by atomic mass is 10.1. The molecule has 8 heteroatoms. The number of H-pyrrole nitrogens is 1. The van der Waals surface area contributed by atoms with Crippen LogP contribution in [-0.2, 0) is 0 Å². The number of aliphatic imine (C=N–C) groups is 1. The van der Waals surface area contributed by atoms with Gasteiger partial charge >= 0.3 is 0 Å². The molecule has 2 aromatic carbocycles. The summed E-state index contributed by atoms with van der Waals surface area (Å²) in [4.78, 5) is 12.7. The minimum Gasteiger partial charge on any atom is -0.489 e. The third-order valence-corrected chi connectivity index (χ3v) is 5.20. The maximum atomic E-state index is 6.08. The fourth-order valence-corrected chi connectivity index (χ4v) is 3.94. The molecular formula is C20H18N6O2. The molecule has 4 N–H and O–H groups in total. The van der Waals surface area contributed by atoms with Gasteiger partial charge in [0.2, 0.25) is 5.95 Å². The lowest BCUT2D eigenvalue weighted by Gasteiger charge is -2.23. The van der Waals surface area contributed by atoms with Crippen molar-refractivity contribution < 1.29 is 9.47 Å². The van der Waals surface area contributed by atoms with E-state index in [0.717, 1.165) is 45.4 Å². The zero-order valence-electron chi connectivity index (χ0n) is 15.0. The molecule has 0 radical (unpaired) electrons. The summed E-state index contributed by atoms with van der Waals surface area (Å²) in [5.41, 5.74) is 9.89. The van der Waals surface area contributed by atoms with Crippen LogP contribution in [0.1, 0.15) is 18.2 Å². The van der Waals surface area contributed by atoms with Crippen LogP contribution in [0, 0.1) is 0 Å². The van der Waals surface area contributed by atoms with Gasteiger partial charge in [-0.3, -0.25) is 9.88 Å². The molecule has 6 rings (SSSR count). The highest BCUT2D eigenvalue weighted by atomic mass is 16.5. The lowest BCUT2D eigenvalue weighted by Crippen LogP contribution is -2.31. The number of anilines is 1. The van der Waals surface area contributed by atoms with Crippen molar-refractivity contribution in [3.05, 3.63) is 48.2 Å². The fraction of sp³-hybridized carbons (Fsp3) is 0.200. The normalized spacial score (nSPS) is 18.4. The van der Waals surface area contributed by atoms with Gasteiger partial charge in [0.1, 0.15) is 0 Å². The van der Waals surface area contributed by atoms with Crippen molar-refractivity contribution in [3.8, 4) is 11.5 Å². The third kappa shape index (κ3) is 2.17. The summed E-state index contributed by atoms with van der Waals surface area (Å²) in [5, 5.41) is 4.18. The molecule has 0 amide bonds. The Labute approximate surface area is 160 Å². The molecular weight excluding hydrogens is 356 g/mol. The van der Waals surface area contributed by atoms with Crippen LogP contribution in [0.2, 0.25) is 0 Å². The van der Waals surface area contributed by atoms with Gasteiger partial charge in [-0.05, 0) is 6.07 Å². The minimum atomic E-state index is -0.331. The average Bonchev–Trinajstić information content (AvgIpc) is 3.19. The molecule has 2 aliphatic rings. The van der Waals surface area contributed by atoms with E-state index >= 15 is 0 Å². The van der Waals surface area contributed by atoms with Crippen molar-refractivity contribution in [1.29, 1.82) is 0 Å². The molecule has 0 unspecified atom stereocenters. The molecule has 0 spiro atoms. The number of hydrogen-bond donors (Lipinski definition) is 3. The number of ether oxygens (including phenoxy) is 2. The van der Waals surface area contributed by atoms with Crippen molar-refractivity contribution in [1.82, 2.24) is 14.5 Å². The highest BCUT2D eigenvalue weighted by Gasteiger charge is 2.28. The van der Waals surface area contributed by atoms with Crippen LogP contribution in [0.3, 0.4) is 0 Å².